The van der Waals surface area contributed by atoms with Gasteiger partial charge in [0.25, 0.3) is 5.91 Å². The van der Waals surface area contributed by atoms with E-state index >= 15 is 0 Å². The van der Waals surface area contributed by atoms with E-state index in [1.165, 1.54) is 12.0 Å². The summed E-state index contributed by atoms with van der Waals surface area (Å²) in [7, 11) is 0. The van der Waals surface area contributed by atoms with Crippen molar-refractivity contribution in [3.63, 3.8) is 0 Å². The molecule has 1 fully saturated rings. The fraction of sp³-hybridized carbons (Fsp3) is 0.417. The van der Waals surface area contributed by atoms with Crippen LogP contribution in [-0.2, 0) is 9.53 Å². The number of aryl methyl sites for hydroxylation is 1. The molecule has 1 aliphatic carbocycles. The number of esters is 1. The summed E-state index contributed by atoms with van der Waals surface area (Å²) in [4.78, 5) is 24.4. The molecule has 2 aromatic rings. The van der Waals surface area contributed by atoms with Crippen molar-refractivity contribution >= 4 is 11.9 Å². The van der Waals surface area contributed by atoms with Crippen LogP contribution in [0.3, 0.4) is 0 Å². The van der Waals surface area contributed by atoms with Crippen LogP contribution in [0.25, 0.3) is 11.1 Å². The molecule has 0 aromatic heterocycles. The van der Waals surface area contributed by atoms with Gasteiger partial charge in [0.15, 0.2) is 6.61 Å². The van der Waals surface area contributed by atoms with Crippen molar-refractivity contribution in [2.75, 3.05) is 6.61 Å². The molecular weight excluding hydrogens is 350 g/mol. The lowest BCUT2D eigenvalue weighted by molar-refractivity contribution is -0.125. The average Bonchev–Trinajstić information content (AvgIpc) is 2.70. The number of hydrogen-bond acceptors (Lipinski definition) is 3. The Labute approximate surface area is 167 Å². The highest BCUT2D eigenvalue weighted by molar-refractivity contribution is 5.91. The standard InChI is InChI=1S/C24H29NO3/c1-16-7-9-19(10-8-16)20-11-13-21(14-12-20)24(27)28-15-23(26)25-22-6-4-5-17(2)18(22)3/h7-14,17-18,22H,4-6,15H2,1-3H3,(H,25,26). The normalized spacial score (nSPS) is 21.8. The number of benzene rings is 2. The predicted octanol–water partition coefficient (Wildman–Crippen LogP) is 4.76. The van der Waals surface area contributed by atoms with Gasteiger partial charge in [-0.2, -0.15) is 0 Å². The Hall–Kier alpha value is -2.62. The molecule has 2 aromatic carbocycles. The third-order valence-electron chi connectivity index (χ3n) is 5.89. The maximum Gasteiger partial charge on any atom is 0.338 e. The molecule has 0 spiro atoms. The van der Waals surface area contributed by atoms with Crippen LogP contribution in [0.1, 0.15) is 49.0 Å². The van der Waals surface area contributed by atoms with Gasteiger partial charge in [0, 0.05) is 6.04 Å². The average molecular weight is 380 g/mol. The second-order valence-corrected chi connectivity index (χ2v) is 7.96. The van der Waals surface area contributed by atoms with Crippen LogP contribution in [-0.4, -0.2) is 24.5 Å². The fourth-order valence-corrected chi connectivity index (χ4v) is 3.79. The van der Waals surface area contributed by atoms with E-state index < -0.39 is 5.97 Å². The maximum absolute atomic E-state index is 12.2. The first kappa shape index (κ1) is 20.1. The van der Waals surface area contributed by atoms with Crippen molar-refractivity contribution in [1.82, 2.24) is 5.32 Å². The monoisotopic (exact) mass is 379 g/mol. The van der Waals surface area contributed by atoms with Gasteiger partial charge in [0.05, 0.1) is 5.56 Å². The molecule has 1 N–H and O–H groups in total. The summed E-state index contributed by atoms with van der Waals surface area (Å²) in [5.74, 6) is 0.350. The van der Waals surface area contributed by atoms with Crippen LogP contribution in [0.5, 0.6) is 0 Å². The van der Waals surface area contributed by atoms with E-state index in [4.69, 9.17) is 4.74 Å². The minimum atomic E-state index is -0.476. The van der Waals surface area contributed by atoms with Gasteiger partial charge < -0.3 is 10.1 Å². The molecule has 0 heterocycles. The van der Waals surface area contributed by atoms with Crippen LogP contribution in [0.4, 0.5) is 0 Å². The summed E-state index contributed by atoms with van der Waals surface area (Å²) >= 11 is 0. The Morgan fingerprint density at radius 3 is 2.21 bits per heavy atom. The summed E-state index contributed by atoms with van der Waals surface area (Å²) in [6.45, 7) is 6.21. The quantitative estimate of drug-likeness (QED) is 0.762. The number of carbonyl (C=O) groups excluding carboxylic acids is 2. The summed E-state index contributed by atoms with van der Waals surface area (Å²) in [6.07, 6.45) is 3.33. The summed E-state index contributed by atoms with van der Waals surface area (Å²) in [6, 6.07) is 15.7. The van der Waals surface area contributed by atoms with Gasteiger partial charge in [-0.25, -0.2) is 4.79 Å². The van der Waals surface area contributed by atoms with Gasteiger partial charge in [-0.15, -0.1) is 0 Å². The zero-order valence-electron chi connectivity index (χ0n) is 16.9. The first-order valence-electron chi connectivity index (χ1n) is 10.1. The molecule has 1 aliphatic rings. The zero-order valence-corrected chi connectivity index (χ0v) is 16.9. The third kappa shape index (κ3) is 5.00. The first-order chi connectivity index (χ1) is 13.4. The number of rotatable bonds is 5. The van der Waals surface area contributed by atoms with E-state index in [0.717, 1.165) is 24.0 Å². The Morgan fingerprint density at radius 1 is 0.964 bits per heavy atom. The molecule has 4 nitrogen and oxygen atoms in total. The first-order valence-corrected chi connectivity index (χ1v) is 10.1. The molecule has 3 unspecified atom stereocenters. The molecule has 4 heteroatoms. The summed E-state index contributed by atoms with van der Waals surface area (Å²) < 4.78 is 5.20. The van der Waals surface area contributed by atoms with Gasteiger partial charge >= 0.3 is 5.97 Å². The second-order valence-electron chi connectivity index (χ2n) is 7.96. The molecule has 0 radical (unpaired) electrons. The van der Waals surface area contributed by atoms with E-state index in [9.17, 15) is 9.59 Å². The SMILES string of the molecule is Cc1ccc(-c2ccc(C(=O)OCC(=O)NC3CCCC(C)C3C)cc2)cc1. The topological polar surface area (TPSA) is 55.4 Å². The van der Waals surface area contributed by atoms with E-state index in [-0.39, 0.29) is 18.6 Å². The van der Waals surface area contributed by atoms with E-state index in [2.05, 4.69) is 50.4 Å². The minimum Gasteiger partial charge on any atom is -0.452 e. The highest BCUT2D eigenvalue weighted by Crippen LogP contribution is 2.29. The maximum atomic E-state index is 12.2. The van der Waals surface area contributed by atoms with Crippen molar-refractivity contribution in [3.05, 3.63) is 59.7 Å². The van der Waals surface area contributed by atoms with Gasteiger partial charge in [0.1, 0.15) is 0 Å². The summed E-state index contributed by atoms with van der Waals surface area (Å²) in [5, 5.41) is 3.02. The fourth-order valence-electron chi connectivity index (χ4n) is 3.79. The number of hydrogen-bond donors (Lipinski definition) is 1. The smallest absolute Gasteiger partial charge is 0.338 e. The lowest BCUT2D eigenvalue weighted by Gasteiger charge is -2.34. The number of ether oxygens (including phenoxy) is 1. The van der Waals surface area contributed by atoms with Gasteiger partial charge in [-0.3, -0.25) is 4.79 Å². The molecule has 148 valence electrons. The van der Waals surface area contributed by atoms with Crippen LogP contribution >= 0.6 is 0 Å². The van der Waals surface area contributed by atoms with Crippen molar-refractivity contribution in [2.45, 2.75) is 46.1 Å². The molecule has 1 saturated carbocycles. The molecule has 0 saturated heterocycles. The number of amides is 1. The Kier molecular flexibility index (Phi) is 6.50. The second kappa shape index (κ2) is 9.05. The van der Waals surface area contributed by atoms with Crippen LogP contribution < -0.4 is 5.32 Å². The van der Waals surface area contributed by atoms with Crippen LogP contribution in [0.2, 0.25) is 0 Å². The third-order valence-corrected chi connectivity index (χ3v) is 5.89. The van der Waals surface area contributed by atoms with Crippen molar-refractivity contribution in [3.8, 4) is 11.1 Å². The Bertz CT molecular complexity index is 811. The largest absolute Gasteiger partial charge is 0.452 e. The molecular formula is C24H29NO3. The Balaban J connectivity index is 1.51. The van der Waals surface area contributed by atoms with Gasteiger partial charge in [0.2, 0.25) is 0 Å². The van der Waals surface area contributed by atoms with Crippen LogP contribution in [0.15, 0.2) is 48.5 Å². The van der Waals surface area contributed by atoms with Gasteiger partial charge in [-0.1, -0.05) is 68.7 Å². The Morgan fingerprint density at radius 2 is 1.57 bits per heavy atom. The van der Waals surface area contributed by atoms with Gasteiger partial charge in [-0.05, 0) is 48.4 Å². The minimum absolute atomic E-state index is 0.170. The molecule has 28 heavy (non-hydrogen) atoms. The van der Waals surface area contributed by atoms with E-state index in [1.807, 2.05) is 12.1 Å². The van der Waals surface area contributed by atoms with E-state index in [0.29, 0.717) is 17.4 Å². The summed E-state index contributed by atoms with van der Waals surface area (Å²) in [5.41, 5.74) is 3.79. The lowest BCUT2D eigenvalue weighted by atomic mass is 9.78. The van der Waals surface area contributed by atoms with Crippen molar-refractivity contribution < 1.29 is 14.3 Å². The highest BCUT2D eigenvalue weighted by Gasteiger charge is 2.28. The molecule has 3 atom stereocenters. The van der Waals surface area contributed by atoms with E-state index in [1.54, 1.807) is 12.1 Å². The predicted molar refractivity (Wildman–Crippen MR) is 111 cm³/mol. The highest BCUT2D eigenvalue weighted by atomic mass is 16.5. The van der Waals surface area contributed by atoms with Crippen molar-refractivity contribution in [1.29, 1.82) is 0 Å². The molecule has 0 bridgehead atoms. The van der Waals surface area contributed by atoms with Crippen molar-refractivity contribution in [2.24, 2.45) is 11.8 Å². The van der Waals surface area contributed by atoms with Crippen LogP contribution in [0, 0.1) is 18.8 Å². The molecule has 1 amide bonds. The number of nitrogens with one attached hydrogen (secondary N) is 1. The lowest BCUT2D eigenvalue weighted by Crippen LogP contribution is -2.45. The number of carbonyl (C=O) groups is 2. The zero-order chi connectivity index (χ0) is 20.1. The molecule has 3 rings (SSSR count). The molecule has 0 aliphatic heterocycles.